The summed E-state index contributed by atoms with van der Waals surface area (Å²) < 4.78 is 0. The highest BCUT2D eigenvalue weighted by atomic mass is 32.1. The molecule has 6 heteroatoms. The molecule has 1 atom stereocenters. The first-order valence-corrected chi connectivity index (χ1v) is 6.58. The van der Waals surface area contributed by atoms with Crippen LogP contribution in [0.1, 0.15) is 42.6 Å². The summed E-state index contributed by atoms with van der Waals surface area (Å²) in [6, 6.07) is 0. The number of aryl methyl sites for hydroxylation is 1. The third-order valence-electron chi connectivity index (χ3n) is 3.14. The predicted molar refractivity (Wildman–Crippen MR) is 69.8 cm³/mol. The highest BCUT2D eigenvalue weighted by Gasteiger charge is 2.33. The summed E-state index contributed by atoms with van der Waals surface area (Å²) in [6.45, 7) is 7.29. The second kappa shape index (κ2) is 5.48. The summed E-state index contributed by atoms with van der Waals surface area (Å²) in [5.74, 6) is -1.16. The van der Waals surface area contributed by atoms with Crippen molar-refractivity contribution in [3.63, 3.8) is 0 Å². The molecule has 1 rings (SSSR count). The number of hydrogen-bond acceptors (Lipinski definition) is 4. The summed E-state index contributed by atoms with van der Waals surface area (Å²) in [4.78, 5) is 27.5. The number of rotatable bonds is 5. The molecule has 1 unspecified atom stereocenters. The molecule has 0 aliphatic carbocycles. The Labute approximate surface area is 110 Å². The van der Waals surface area contributed by atoms with Gasteiger partial charge in [-0.25, -0.2) is 4.98 Å². The van der Waals surface area contributed by atoms with Gasteiger partial charge in [-0.3, -0.25) is 9.59 Å². The van der Waals surface area contributed by atoms with Crippen molar-refractivity contribution in [3.05, 3.63) is 16.1 Å². The van der Waals surface area contributed by atoms with E-state index in [4.69, 9.17) is 5.11 Å². The zero-order chi connectivity index (χ0) is 13.9. The third-order valence-corrected chi connectivity index (χ3v) is 4.07. The van der Waals surface area contributed by atoms with Crippen LogP contribution in [0.5, 0.6) is 0 Å². The molecule has 0 aliphatic rings. The zero-order valence-electron chi connectivity index (χ0n) is 11.0. The topological polar surface area (TPSA) is 79.3 Å². The van der Waals surface area contributed by atoms with Gasteiger partial charge in [-0.2, -0.15) is 0 Å². The van der Waals surface area contributed by atoms with Gasteiger partial charge in [0.2, 0.25) is 0 Å². The van der Waals surface area contributed by atoms with E-state index in [-0.39, 0.29) is 18.2 Å². The number of hydrogen-bond donors (Lipinski definition) is 2. The van der Waals surface area contributed by atoms with Gasteiger partial charge in [0.25, 0.3) is 5.91 Å². The molecule has 0 saturated heterocycles. The van der Waals surface area contributed by atoms with E-state index >= 15 is 0 Å². The molecule has 1 aromatic rings. The first-order chi connectivity index (χ1) is 8.26. The number of thiazole rings is 1. The molecule has 0 saturated carbocycles. The Morgan fingerprint density at radius 3 is 2.56 bits per heavy atom. The Morgan fingerprint density at radius 1 is 1.56 bits per heavy atom. The molecule has 1 amide bonds. The van der Waals surface area contributed by atoms with E-state index in [1.165, 1.54) is 11.3 Å². The Hall–Kier alpha value is -1.43. The molecule has 0 aliphatic heterocycles. The first kappa shape index (κ1) is 14.6. The van der Waals surface area contributed by atoms with Crippen LogP contribution in [0.25, 0.3) is 0 Å². The van der Waals surface area contributed by atoms with Crippen molar-refractivity contribution in [1.82, 2.24) is 10.3 Å². The highest BCUT2D eigenvalue weighted by molar-refractivity contribution is 7.11. The maximum absolute atomic E-state index is 12.1. The predicted octanol–water partition coefficient (Wildman–Crippen LogP) is 2.07. The summed E-state index contributed by atoms with van der Waals surface area (Å²) in [7, 11) is 0. The van der Waals surface area contributed by atoms with Crippen LogP contribution in [0.3, 0.4) is 0 Å². The Kier molecular flexibility index (Phi) is 4.45. The number of aromatic nitrogens is 1. The Bertz CT molecular complexity index is 456. The SMILES string of the molecule is Cc1ncsc1C(=O)NC(C)(CC(=O)O)C(C)C. The van der Waals surface area contributed by atoms with Gasteiger partial charge in [-0.15, -0.1) is 11.3 Å². The molecule has 18 heavy (non-hydrogen) atoms. The van der Waals surface area contributed by atoms with Crippen molar-refractivity contribution in [2.45, 2.75) is 39.7 Å². The lowest BCUT2D eigenvalue weighted by Crippen LogP contribution is -2.51. The molecule has 5 nitrogen and oxygen atoms in total. The third kappa shape index (κ3) is 3.29. The molecule has 0 aromatic carbocycles. The lowest BCUT2D eigenvalue weighted by molar-refractivity contribution is -0.138. The molecule has 0 radical (unpaired) electrons. The van der Waals surface area contributed by atoms with Crippen LogP contribution in [0.2, 0.25) is 0 Å². The lowest BCUT2D eigenvalue weighted by atomic mass is 9.85. The monoisotopic (exact) mass is 270 g/mol. The van der Waals surface area contributed by atoms with Crippen molar-refractivity contribution in [1.29, 1.82) is 0 Å². The number of carbonyl (C=O) groups is 2. The van der Waals surface area contributed by atoms with E-state index in [9.17, 15) is 9.59 Å². The summed E-state index contributed by atoms with van der Waals surface area (Å²) in [5.41, 5.74) is 1.51. The lowest BCUT2D eigenvalue weighted by Gasteiger charge is -2.33. The normalized spacial score (nSPS) is 14.3. The number of nitrogens with one attached hydrogen (secondary N) is 1. The summed E-state index contributed by atoms with van der Waals surface area (Å²) in [6.07, 6.45) is -0.103. The van der Waals surface area contributed by atoms with E-state index in [1.54, 1.807) is 19.4 Å². The molecule has 2 N–H and O–H groups in total. The molecule has 0 bridgehead atoms. The van der Waals surface area contributed by atoms with Crippen molar-refractivity contribution in [2.75, 3.05) is 0 Å². The minimum atomic E-state index is -0.924. The summed E-state index contributed by atoms with van der Waals surface area (Å²) >= 11 is 1.26. The number of nitrogens with zero attached hydrogens (tertiary/aromatic N) is 1. The van der Waals surface area contributed by atoms with Crippen LogP contribution in [-0.4, -0.2) is 27.5 Å². The van der Waals surface area contributed by atoms with Crippen molar-refractivity contribution >= 4 is 23.2 Å². The highest BCUT2D eigenvalue weighted by Crippen LogP contribution is 2.22. The molecule has 1 heterocycles. The van der Waals surface area contributed by atoms with Crippen LogP contribution >= 0.6 is 11.3 Å². The average molecular weight is 270 g/mol. The van der Waals surface area contributed by atoms with Crippen molar-refractivity contribution in [2.24, 2.45) is 5.92 Å². The number of carboxylic acids is 1. The molecular formula is C12H18N2O3S. The van der Waals surface area contributed by atoms with Crippen LogP contribution in [-0.2, 0) is 4.79 Å². The second-order valence-electron chi connectivity index (χ2n) is 4.86. The van der Waals surface area contributed by atoms with Crippen LogP contribution in [0.15, 0.2) is 5.51 Å². The maximum atomic E-state index is 12.1. The van der Waals surface area contributed by atoms with Gasteiger partial charge < -0.3 is 10.4 Å². The maximum Gasteiger partial charge on any atom is 0.305 e. The van der Waals surface area contributed by atoms with Gasteiger partial charge in [0.1, 0.15) is 4.88 Å². The van der Waals surface area contributed by atoms with Gasteiger partial charge in [0.05, 0.1) is 23.2 Å². The van der Waals surface area contributed by atoms with Crippen molar-refractivity contribution < 1.29 is 14.7 Å². The largest absolute Gasteiger partial charge is 0.481 e. The quantitative estimate of drug-likeness (QED) is 0.858. The number of aliphatic carboxylic acids is 1. The second-order valence-corrected chi connectivity index (χ2v) is 5.72. The Balaban J connectivity index is 2.88. The van der Waals surface area contributed by atoms with Gasteiger partial charge in [0, 0.05) is 0 Å². The average Bonchev–Trinajstić information content (AvgIpc) is 2.62. The smallest absolute Gasteiger partial charge is 0.305 e. The van der Waals surface area contributed by atoms with Crippen LogP contribution < -0.4 is 5.32 Å². The van der Waals surface area contributed by atoms with Crippen LogP contribution in [0, 0.1) is 12.8 Å². The fraction of sp³-hybridized carbons (Fsp3) is 0.583. The number of carboxylic acid groups (broad SMARTS) is 1. The van der Waals surface area contributed by atoms with Gasteiger partial charge in [0.15, 0.2) is 0 Å². The van der Waals surface area contributed by atoms with Gasteiger partial charge in [-0.05, 0) is 19.8 Å². The molecule has 1 aromatic heterocycles. The minimum absolute atomic E-state index is 0.0192. The number of carbonyl (C=O) groups excluding carboxylic acids is 1. The van der Waals surface area contributed by atoms with Crippen molar-refractivity contribution in [3.8, 4) is 0 Å². The van der Waals surface area contributed by atoms with Gasteiger partial charge >= 0.3 is 5.97 Å². The minimum Gasteiger partial charge on any atom is -0.481 e. The van der Waals surface area contributed by atoms with E-state index in [0.717, 1.165) is 0 Å². The van der Waals surface area contributed by atoms with Gasteiger partial charge in [-0.1, -0.05) is 13.8 Å². The molecule has 0 fully saturated rings. The standard InChI is InChI=1S/C12H18N2O3S/c1-7(2)12(4,5-9(15)16)14-11(17)10-8(3)13-6-18-10/h6-7H,5H2,1-4H3,(H,14,17)(H,15,16). The molecular weight excluding hydrogens is 252 g/mol. The van der Waals surface area contributed by atoms with E-state index < -0.39 is 11.5 Å². The first-order valence-electron chi connectivity index (χ1n) is 5.70. The van der Waals surface area contributed by atoms with Crippen LogP contribution in [0.4, 0.5) is 0 Å². The summed E-state index contributed by atoms with van der Waals surface area (Å²) in [5, 5.41) is 11.8. The van der Waals surface area contributed by atoms with E-state index in [1.807, 2.05) is 13.8 Å². The zero-order valence-corrected chi connectivity index (χ0v) is 11.8. The fourth-order valence-corrected chi connectivity index (χ4v) is 2.24. The van der Waals surface area contributed by atoms with E-state index in [0.29, 0.717) is 10.6 Å². The van der Waals surface area contributed by atoms with E-state index in [2.05, 4.69) is 10.3 Å². The molecule has 100 valence electrons. The fourth-order valence-electron chi connectivity index (χ4n) is 1.54. The molecule has 0 spiro atoms. The number of amides is 1. The Morgan fingerprint density at radius 2 is 2.17 bits per heavy atom.